The van der Waals surface area contributed by atoms with E-state index >= 15 is 0 Å². The first-order valence-corrected chi connectivity index (χ1v) is 6.80. The van der Waals surface area contributed by atoms with Gasteiger partial charge in [0.25, 0.3) is 0 Å². The van der Waals surface area contributed by atoms with Gasteiger partial charge in [0.05, 0.1) is 16.8 Å². The van der Waals surface area contributed by atoms with Crippen LogP contribution in [0.5, 0.6) is 5.88 Å². The molecule has 0 aliphatic heterocycles. The molecule has 2 aromatic carbocycles. The number of hydrogen-bond acceptors (Lipinski definition) is 3. The van der Waals surface area contributed by atoms with Gasteiger partial charge in [-0.3, -0.25) is 4.99 Å². The Labute approximate surface area is 130 Å². The van der Waals surface area contributed by atoms with E-state index in [1.165, 1.54) is 24.4 Å². The van der Waals surface area contributed by atoms with Crippen molar-refractivity contribution in [2.45, 2.75) is 0 Å². The van der Waals surface area contributed by atoms with E-state index in [9.17, 15) is 9.90 Å². The molecular weight excluding hydrogens is 304 g/mol. The zero-order chi connectivity index (χ0) is 15.7. The largest absolute Gasteiger partial charge is 0.494 e. The summed E-state index contributed by atoms with van der Waals surface area (Å²) < 4.78 is 0. The van der Waals surface area contributed by atoms with Crippen LogP contribution in [-0.4, -0.2) is 27.4 Å². The summed E-state index contributed by atoms with van der Waals surface area (Å²) >= 11 is 5.89. The van der Waals surface area contributed by atoms with E-state index in [4.69, 9.17) is 16.7 Å². The van der Waals surface area contributed by atoms with Crippen LogP contribution in [-0.2, 0) is 0 Å². The fraction of sp³-hybridized carbons (Fsp3) is 0. The van der Waals surface area contributed by atoms with Crippen molar-refractivity contribution in [1.82, 2.24) is 4.98 Å². The molecule has 0 fully saturated rings. The van der Waals surface area contributed by atoms with Crippen LogP contribution in [0.25, 0.3) is 10.9 Å². The van der Waals surface area contributed by atoms with Gasteiger partial charge in [-0.05, 0) is 24.3 Å². The number of benzene rings is 2. The van der Waals surface area contributed by atoms with E-state index in [0.29, 0.717) is 10.6 Å². The van der Waals surface area contributed by atoms with Gasteiger partial charge < -0.3 is 15.2 Å². The molecular formula is C16H11ClN2O3. The molecule has 3 N–H and O–H groups in total. The van der Waals surface area contributed by atoms with Crippen LogP contribution >= 0.6 is 11.6 Å². The first kappa shape index (κ1) is 14.2. The smallest absolute Gasteiger partial charge is 0.337 e. The van der Waals surface area contributed by atoms with Crippen molar-refractivity contribution in [3.63, 3.8) is 0 Å². The number of rotatable bonds is 3. The summed E-state index contributed by atoms with van der Waals surface area (Å²) in [6, 6.07) is 11.7. The molecule has 0 aliphatic carbocycles. The highest BCUT2D eigenvalue weighted by Crippen LogP contribution is 2.28. The summed E-state index contributed by atoms with van der Waals surface area (Å²) in [5.41, 5.74) is 1.53. The summed E-state index contributed by atoms with van der Waals surface area (Å²) in [5.74, 6) is -1.11. The third-order valence-corrected chi connectivity index (χ3v) is 3.48. The van der Waals surface area contributed by atoms with Crippen LogP contribution in [0, 0.1) is 0 Å². The Morgan fingerprint density at radius 2 is 2.00 bits per heavy atom. The Kier molecular flexibility index (Phi) is 3.56. The minimum Gasteiger partial charge on any atom is -0.494 e. The minimum absolute atomic E-state index is 0.0242. The fourth-order valence-electron chi connectivity index (χ4n) is 2.21. The van der Waals surface area contributed by atoms with E-state index in [1.54, 1.807) is 0 Å². The van der Waals surface area contributed by atoms with Crippen molar-refractivity contribution in [2.75, 3.05) is 0 Å². The van der Waals surface area contributed by atoms with Crippen molar-refractivity contribution >= 4 is 40.4 Å². The predicted molar refractivity (Wildman–Crippen MR) is 85.6 cm³/mol. The molecule has 0 bridgehead atoms. The predicted octanol–water partition coefficient (Wildman–Crippen LogP) is 3.98. The van der Waals surface area contributed by atoms with Crippen LogP contribution in [0.3, 0.4) is 0 Å². The summed E-state index contributed by atoms with van der Waals surface area (Å²) in [6.45, 7) is 0. The second-order valence-corrected chi connectivity index (χ2v) is 5.09. The van der Waals surface area contributed by atoms with Gasteiger partial charge in [0.1, 0.15) is 0 Å². The lowest BCUT2D eigenvalue weighted by Gasteiger charge is -2.01. The molecule has 0 unspecified atom stereocenters. The zero-order valence-electron chi connectivity index (χ0n) is 11.2. The lowest BCUT2D eigenvalue weighted by molar-refractivity contribution is 0.0698. The van der Waals surface area contributed by atoms with E-state index in [1.807, 2.05) is 24.3 Å². The van der Waals surface area contributed by atoms with Gasteiger partial charge in [0.2, 0.25) is 0 Å². The quantitative estimate of drug-likeness (QED) is 0.639. The first-order valence-electron chi connectivity index (χ1n) is 6.43. The molecule has 0 saturated carbocycles. The van der Waals surface area contributed by atoms with E-state index in [-0.39, 0.29) is 17.1 Å². The number of fused-ring (bicyclic) bond motifs is 1. The number of carbonyl (C=O) groups is 1. The molecule has 3 rings (SSSR count). The average molecular weight is 315 g/mol. The number of aromatic nitrogens is 1. The van der Waals surface area contributed by atoms with Gasteiger partial charge in [-0.2, -0.15) is 0 Å². The van der Waals surface area contributed by atoms with E-state index < -0.39 is 5.97 Å². The minimum atomic E-state index is -1.09. The van der Waals surface area contributed by atoms with Crippen LogP contribution < -0.4 is 0 Å². The number of carboxylic acid groups (broad SMARTS) is 1. The summed E-state index contributed by atoms with van der Waals surface area (Å²) in [4.78, 5) is 18.2. The molecule has 0 saturated heterocycles. The van der Waals surface area contributed by atoms with Gasteiger partial charge >= 0.3 is 5.97 Å². The number of halogens is 1. The van der Waals surface area contributed by atoms with Gasteiger partial charge in [-0.15, -0.1) is 0 Å². The van der Waals surface area contributed by atoms with Gasteiger partial charge in [0.15, 0.2) is 5.88 Å². The number of aromatic carboxylic acids is 1. The highest BCUT2D eigenvalue weighted by molar-refractivity contribution is 6.31. The summed E-state index contributed by atoms with van der Waals surface area (Å²) in [5, 5.41) is 20.3. The SMILES string of the molecule is O=C(O)c1ccc(Cl)cc1N=Cc1c(O)[nH]c2ccccc12. The maximum Gasteiger partial charge on any atom is 0.337 e. The molecule has 0 amide bonds. The van der Waals surface area contributed by atoms with Crippen molar-refractivity contribution in [2.24, 2.45) is 4.99 Å². The van der Waals surface area contributed by atoms with Crippen molar-refractivity contribution < 1.29 is 15.0 Å². The number of aromatic hydroxyl groups is 1. The Hall–Kier alpha value is -2.79. The molecule has 1 aromatic heterocycles. The maximum absolute atomic E-state index is 11.2. The van der Waals surface area contributed by atoms with E-state index in [0.717, 1.165) is 10.9 Å². The third kappa shape index (κ3) is 2.54. The number of hydrogen-bond donors (Lipinski definition) is 3. The molecule has 5 nitrogen and oxygen atoms in total. The lowest BCUT2D eigenvalue weighted by Crippen LogP contribution is -1.96. The van der Waals surface area contributed by atoms with Crippen LogP contribution in [0.2, 0.25) is 5.02 Å². The normalized spacial score (nSPS) is 11.3. The molecule has 0 aliphatic rings. The van der Waals surface area contributed by atoms with Crippen LogP contribution in [0.15, 0.2) is 47.5 Å². The van der Waals surface area contributed by atoms with E-state index in [2.05, 4.69) is 9.98 Å². The standard InChI is InChI=1S/C16H11ClN2O3/c17-9-5-6-11(16(21)22)14(7-9)18-8-12-10-3-1-2-4-13(10)19-15(12)20/h1-8,19-20H,(H,21,22). The molecule has 110 valence electrons. The summed E-state index contributed by atoms with van der Waals surface area (Å²) in [6.07, 6.45) is 1.42. The lowest BCUT2D eigenvalue weighted by atomic mass is 10.1. The number of aromatic amines is 1. The van der Waals surface area contributed by atoms with Crippen molar-refractivity contribution in [3.05, 3.63) is 58.6 Å². The fourth-order valence-corrected chi connectivity index (χ4v) is 2.37. The maximum atomic E-state index is 11.2. The number of aliphatic imine (C=N–C) groups is 1. The molecule has 0 radical (unpaired) electrons. The summed E-state index contributed by atoms with van der Waals surface area (Å²) in [7, 11) is 0. The Morgan fingerprint density at radius 3 is 2.77 bits per heavy atom. The zero-order valence-corrected chi connectivity index (χ0v) is 12.0. The number of nitrogens with one attached hydrogen (secondary N) is 1. The Morgan fingerprint density at radius 1 is 1.23 bits per heavy atom. The van der Waals surface area contributed by atoms with Crippen molar-refractivity contribution in [1.29, 1.82) is 0 Å². The molecule has 3 aromatic rings. The average Bonchev–Trinajstić information content (AvgIpc) is 2.80. The molecule has 22 heavy (non-hydrogen) atoms. The number of H-pyrrole nitrogens is 1. The number of nitrogens with zero attached hydrogens (tertiary/aromatic N) is 1. The topological polar surface area (TPSA) is 85.7 Å². The highest BCUT2D eigenvalue weighted by atomic mass is 35.5. The van der Waals surface area contributed by atoms with Gasteiger partial charge in [-0.25, -0.2) is 4.79 Å². The van der Waals surface area contributed by atoms with Gasteiger partial charge in [-0.1, -0.05) is 29.8 Å². The van der Waals surface area contributed by atoms with Crippen LogP contribution in [0.1, 0.15) is 15.9 Å². The monoisotopic (exact) mass is 314 g/mol. The third-order valence-electron chi connectivity index (χ3n) is 3.25. The Bertz CT molecular complexity index is 900. The highest BCUT2D eigenvalue weighted by Gasteiger charge is 2.11. The molecule has 1 heterocycles. The second-order valence-electron chi connectivity index (χ2n) is 4.66. The number of para-hydroxylation sites is 1. The molecule has 0 spiro atoms. The molecule has 0 atom stereocenters. The van der Waals surface area contributed by atoms with Gasteiger partial charge in [0, 0.05) is 22.1 Å². The second kappa shape index (κ2) is 5.54. The first-order chi connectivity index (χ1) is 10.6. The number of carboxylic acids is 1. The van der Waals surface area contributed by atoms with Crippen molar-refractivity contribution in [3.8, 4) is 5.88 Å². The Balaban J connectivity index is 2.09. The van der Waals surface area contributed by atoms with Crippen LogP contribution in [0.4, 0.5) is 5.69 Å². The molecule has 6 heteroatoms.